The molecule has 5 nitrogen and oxygen atoms in total. The lowest BCUT2D eigenvalue weighted by Crippen LogP contribution is -2.19. The highest BCUT2D eigenvalue weighted by Crippen LogP contribution is 2.14. The Morgan fingerprint density at radius 3 is 2.17 bits per heavy atom. The third-order valence-electron chi connectivity index (χ3n) is 4.33. The summed E-state index contributed by atoms with van der Waals surface area (Å²) in [5, 5.41) is 4.01. The zero-order valence-corrected chi connectivity index (χ0v) is 16.6. The van der Waals surface area contributed by atoms with Crippen LogP contribution in [0.1, 0.15) is 22.3 Å². The monoisotopic (exact) mass is 388 g/mol. The van der Waals surface area contributed by atoms with E-state index in [-0.39, 0.29) is 12.3 Å². The second kappa shape index (κ2) is 10.1. The lowest BCUT2D eigenvalue weighted by atomic mass is 10.1. The van der Waals surface area contributed by atoms with Gasteiger partial charge in [-0.3, -0.25) is 4.79 Å². The molecular weight excluding hydrogens is 364 g/mol. The molecule has 3 rings (SSSR count). The Kier molecular flexibility index (Phi) is 7.00. The first-order valence-corrected chi connectivity index (χ1v) is 9.35. The number of amides is 1. The fourth-order valence-corrected chi connectivity index (χ4v) is 2.65. The van der Waals surface area contributed by atoms with E-state index in [1.807, 2.05) is 48.5 Å². The summed E-state index contributed by atoms with van der Waals surface area (Å²) >= 11 is 0. The van der Waals surface area contributed by atoms with Gasteiger partial charge in [0, 0.05) is 0 Å². The highest BCUT2D eigenvalue weighted by atomic mass is 16.5. The van der Waals surface area contributed by atoms with Crippen LogP contribution >= 0.6 is 0 Å². The van der Waals surface area contributed by atoms with E-state index in [0.717, 1.165) is 28.2 Å². The molecule has 148 valence electrons. The molecule has 3 aromatic rings. The number of nitrogens with one attached hydrogen (secondary N) is 1. The van der Waals surface area contributed by atoms with Crippen molar-refractivity contribution in [3.63, 3.8) is 0 Å². The van der Waals surface area contributed by atoms with E-state index < -0.39 is 0 Å². The third kappa shape index (κ3) is 6.50. The minimum Gasteiger partial charge on any atom is -0.497 e. The Hall–Kier alpha value is -3.60. The molecule has 0 aliphatic rings. The summed E-state index contributed by atoms with van der Waals surface area (Å²) in [5.41, 5.74) is 6.67. The maximum absolute atomic E-state index is 12.0. The van der Waals surface area contributed by atoms with Crippen LogP contribution < -0.4 is 14.9 Å². The molecule has 29 heavy (non-hydrogen) atoms. The lowest BCUT2D eigenvalue weighted by molar-refractivity contribution is -0.120. The predicted molar refractivity (Wildman–Crippen MR) is 114 cm³/mol. The highest BCUT2D eigenvalue weighted by molar-refractivity contribution is 5.83. The Morgan fingerprint density at radius 2 is 1.52 bits per heavy atom. The second-order valence-electron chi connectivity index (χ2n) is 6.66. The van der Waals surface area contributed by atoms with E-state index in [1.165, 1.54) is 5.56 Å². The van der Waals surface area contributed by atoms with Crippen molar-refractivity contribution in [2.24, 2.45) is 5.10 Å². The van der Waals surface area contributed by atoms with Crippen molar-refractivity contribution in [1.29, 1.82) is 0 Å². The Labute approximate surface area is 171 Å². The summed E-state index contributed by atoms with van der Waals surface area (Å²) in [6.07, 6.45) is 1.86. The maximum atomic E-state index is 12.0. The minimum absolute atomic E-state index is 0.176. The average Bonchev–Trinajstić information content (AvgIpc) is 2.75. The summed E-state index contributed by atoms with van der Waals surface area (Å²) in [6.45, 7) is 2.58. The molecule has 1 amide bonds. The zero-order valence-electron chi connectivity index (χ0n) is 16.6. The first-order chi connectivity index (χ1) is 14.1. The largest absolute Gasteiger partial charge is 0.497 e. The standard InChI is InChI=1S/C24H24N2O3/c1-18-3-5-21(6-4-18)17-29-23-13-9-20(10-14-23)16-25-26-24(27)15-19-7-11-22(28-2)12-8-19/h3-14,16H,15,17H2,1-2H3,(H,26,27)/b25-16-. The van der Waals surface area contributed by atoms with Crippen molar-refractivity contribution in [3.8, 4) is 11.5 Å². The van der Waals surface area contributed by atoms with Crippen LogP contribution in [0.3, 0.4) is 0 Å². The fourth-order valence-electron chi connectivity index (χ4n) is 2.65. The SMILES string of the molecule is COc1ccc(CC(=O)N/N=C\c2ccc(OCc3ccc(C)cc3)cc2)cc1. The van der Waals surface area contributed by atoms with Gasteiger partial charge in [0.2, 0.25) is 5.91 Å². The molecule has 0 heterocycles. The van der Waals surface area contributed by atoms with E-state index in [9.17, 15) is 4.79 Å². The molecule has 0 radical (unpaired) electrons. The van der Waals surface area contributed by atoms with Gasteiger partial charge in [0.25, 0.3) is 0 Å². The predicted octanol–water partition coefficient (Wildman–Crippen LogP) is 4.28. The van der Waals surface area contributed by atoms with Crippen LogP contribution in [-0.2, 0) is 17.8 Å². The molecule has 0 aliphatic heterocycles. The van der Waals surface area contributed by atoms with Crippen molar-refractivity contribution in [1.82, 2.24) is 5.43 Å². The highest BCUT2D eigenvalue weighted by Gasteiger charge is 2.02. The van der Waals surface area contributed by atoms with Gasteiger partial charge >= 0.3 is 0 Å². The number of hydrogen-bond donors (Lipinski definition) is 1. The van der Waals surface area contributed by atoms with Gasteiger partial charge in [-0.1, -0.05) is 42.0 Å². The number of rotatable bonds is 8. The average molecular weight is 388 g/mol. The van der Waals surface area contributed by atoms with E-state index in [0.29, 0.717) is 6.61 Å². The van der Waals surface area contributed by atoms with Gasteiger partial charge in [-0.05, 0) is 60.0 Å². The van der Waals surface area contributed by atoms with Crippen LogP contribution in [0.15, 0.2) is 77.9 Å². The molecule has 5 heteroatoms. The zero-order chi connectivity index (χ0) is 20.5. The molecule has 3 aromatic carbocycles. The van der Waals surface area contributed by atoms with Crippen LogP contribution in [0.25, 0.3) is 0 Å². The number of benzene rings is 3. The van der Waals surface area contributed by atoms with Gasteiger partial charge in [-0.15, -0.1) is 0 Å². The van der Waals surface area contributed by atoms with Gasteiger partial charge in [-0.2, -0.15) is 5.10 Å². The van der Waals surface area contributed by atoms with Crippen LogP contribution in [0, 0.1) is 6.92 Å². The number of ether oxygens (including phenoxy) is 2. The van der Waals surface area contributed by atoms with Crippen molar-refractivity contribution in [3.05, 3.63) is 95.1 Å². The molecule has 0 spiro atoms. The number of hydrazone groups is 1. The minimum atomic E-state index is -0.176. The van der Waals surface area contributed by atoms with Gasteiger partial charge in [0.1, 0.15) is 18.1 Å². The van der Waals surface area contributed by atoms with Gasteiger partial charge in [0.15, 0.2) is 0 Å². The number of carbonyl (C=O) groups excluding carboxylic acids is 1. The lowest BCUT2D eigenvalue weighted by Gasteiger charge is -2.07. The molecule has 0 aliphatic carbocycles. The maximum Gasteiger partial charge on any atom is 0.244 e. The summed E-state index contributed by atoms with van der Waals surface area (Å²) in [6, 6.07) is 23.2. The molecule has 0 bridgehead atoms. The molecule has 1 N–H and O–H groups in total. The van der Waals surface area contributed by atoms with Crippen molar-refractivity contribution >= 4 is 12.1 Å². The van der Waals surface area contributed by atoms with E-state index in [2.05, 4.69) is 41.7 Å². The first kappa shape index (κ1) is 20.1. The summed E-state index contributed by atoms with van der Waals surface area (Å²) in [5.74, 6) is 1.37. The third-order valence-corrected chi connectivity index (χ3v) is 4.33. The van der Waals surface area contributed by atoms with Crippen molar-refractivity contribution in [2.45, 2.75) is 20.0 Å². The number of carbonyl (C=O) groups is 1. The fraction of sp³-hybridized carbons (Fsp3) is 0.167. The Balaban J connectivity index is 1.45. The quantitative estimate of drug-likeness (QED) is 0.463. The smallest absolute Gasteiger partial charge is 0.244 e. The molecule has 0 aromatic heterocycles. The van der Waals surface area contributed by atoms with E-state index in [4.69, 9.17) is 9.47 Å². The van der Waals surface area contributed by atoms with Crippen LogP contribution in [0.4, 0.5) is 0 Å². The summed E-state index contributed by atoms with van der Waals surface area (Å²) in [7, 11) is 1.61. The molecular formula is C24H24N2O3. The van der Waals surface area contributed by atoms with Crippen LogP contribution in [0.5, 0.6) is 11.5 Å². The van der Waals surface area contributed by atoms with E-state index >= 15 is 0 Å². The molecule has 0 atom stereocenters. The first-order valence-electron chi connectivity index (χ1n) is 9.35. The topological polar surface area (TPSA) is 59.9 Å². The van der Waals surface area contributed by atoms with Crippen LogP contribution in [0.2, 0.25) is 0 Å². The normalized spacial score (nSPS) is 10.7. The second-order valence-corrected chi connectivity index (χ2v) is 6.66. The van der Waals surface area contributed by atoms with E-state index in [1.54, 1.807) is 13.3 Å². The number of hydrogen-bond acceptors (Lipinski definition) is 4. The number of methoxy groups -OCH3 is 1. The summed E-state index contributed by atoms with van der Waals surface area (Å²) < 4.78 is 10.9. The van der Waals surface area contributed by atoms with Crippen molar-refractivity contribution < 1.29 is 14.3 Å². The molecule has 0 saturated carbocycles. The Morgan fingerprint density at radius 1 is 0.897 bits per heavy atom. The van der Waals surface area contributed by atoms with Gasteiger partial charge < -0.3 is 9.47 Å². The molecule has 0 unspecified atom stereocenters. The van der Waals surface area contributed by atoms with Gasteiger partial charge in [-0.25, -0.2) is 5.43 Å². The van der Waals surface area contributed by atoms with Gasteiger partial charge in [0.05, 0.1) is 19.7 Å². The summed E-state index contributed by atoms with van der Waals surface area (Å²) in [4.78, 5) is 12.0. The van der Waals surface area contributed by atoms with Crippen molar-refractivity contribution in [2.75, 3.05) is 7.11 Å². The molecule has 0 saturated heterocycles. The molecule has 0 fully saturated rings. The number of nitrogens with zero attached hydrogens (tertiary/aromatic N) is 1. The van der Waals surface area contributed by atoms with Crippen LogP contribution in [-0.4, -0.2) is 19.2 Å². The Bertz CT molecular complexity index is 947. The number of aryl methyl sites for hydroxylation is 1.